The number of likely N-dealkylation sites (N-methyl/N-ethyl adjacent to an activating group) is 1. The van der Waals surface area contributed by atoms with E-state index in [0.717, 1.165) is 32.6 Å². The topological polar surface area (TPSA) is 12.5 Å². The predicted octanol–water partition coefficient (Wildman–Crippen LogP) is 1.67. The Bertz CT molecular complexity index is 152. The molecule has 1 fully saturated rings. The highest BCUT2D eigenvalue weighted by atomic mass is 16.5. The van der Waals surface area contributed by atoms with Crippen molar-refractivity contribution < 1.29 is 4.74 Å². The highest BCUT2D eigenvalue weighted by Crippen LogP contribution is 2.10. The van der Waals surface area contributed by atoms with Gasteiger partial charge >= 0.3 is 0 Å². The van der Waals surface area contributed by atoms with Crippen LogP contribution in [0.2, 0.25) is 0 Å². The van der Waals surface area contributed by atoms with Gasteiger partial charge in [0, 0.05) is 6.54 Å². The molecule has 2 nitrogen and oxygen atoms in total. The number of rotatable bonds is 5. The molecular formula is C10H19NO. The van der Waals surface area contributed by atoms with Gasteiger partial charge in [-0.05, 0) is 19.9 Å². The van der Waals surface area contributed by atoms with E-state index in [9.17, 15) is 0 Å². The molecular weight excluding hydrogens is 150 g/mol. The summed E-state index contributed by atoms with van der Waals surface area (Å²) >= 11 is 0. The first kappa shape index (κ1) is 9.75. The van der Waals surface area contributed by atoms with Gasteiger partial charge in [0.2, 0.25) is 0 Å². The molecule has 0 aromatic carbocycles. The summed E-state index contributed by atoms with van der Waals surface area (Å²) in [6.07, 6.45) is 2.23. The van der Waals surface area contributed by atoms with Crippen LogP contribution in [-0.4, -0.2) is 37.7 Å². The molecule has 1 rings (SSSR count). The van der Waals surface area contributed by atoms with Gasteiger partial charge in [-0.1, -0.05) is 19.1 Å². The summed E-state index contributed by atoms with van der Waals surface area (Å²) in [5, 5.41) is 0. The van der Waals surface area contributed by atoms with Gasteiger partial charge in [0.25, 0.3) is 0 Å². The van der Waals surface area contributed by atoms with Crippen LogP contribution in [0.4, 0.5) is 0 Å². The second-order valence-corrected chi connectivity index (χ2v) is 3.53. The molecule has 1 saturated heterocycles. The third kappa shape index (κ3) is 2.61. The Labute approximate surface area is 75.2 Å². The van der Waals surface area contributed by atoms with E-state index >= 15 is 0 Å². The molecule has 0 amide bonds. The Balaban J connectivity index is 2.09. The Morgan fingerprint density at radius 3 is 2.67 bits per heavy atom. The minimum Gasteiger partial charge on any atom is -0.378 e. The third-order valence-corrected chi connectivity index (χ3v) is 2.56. The van der Waals surface area contributed by atoms with Crippen LogP contribution in [-0.2, 0) is 4.74 Å². The van der Waals surface area contributed by atoms with Gasteiger partial charge in [-0.15, -0.1) is 0 Å². The van der Waals surface area contributed by atoms with E-state index in [2.05, 4.69) is 25.5 Å². The summed E-state index contributed by atoms with van der Waals surface area (Å²) in [5.41, 5.74) is 1.35. The molecule has 0 aromatic rings. The number of nitrogens with zero attached hydrogens (tertiary/aromatic N) is 1. The fourth-order valence-corrected chi connectivity index (χ4v) is 1.17. The van der Waals surface area contributed by atoms with Crippen molar-refractivity contribution in [1.82, 2.24) is 4.90 Å². The lowest BCUT2D eigenvalue weighted by Crippen LogP contribution is -2.47. The molecule has 0 N–H and O–H groups in total. The average molecular weight is 169 g/mol. The molecule has 0 atom stereocenters. The molecule has 0 radical (unpaired) electrons. The number of ether oxygens (including phenoxy) is 1. The van der Waals surface area contributed by atoms with Crippen LogP contribution in [0.15, 0.2) is 12.2 Å². The van der Waals surface area contributed by atoms with E-state index in [1.54, 1.807) is 0 Å². The van der Waals surface area contributed by atoms with Crippen molar-refractivity contribution in [2.75, 3.05) is 26.8 Å². The average Bonchev–Trinajstić information content (AvgIpc) is 1.97. The van der Waals surface area contributed by atoms with Crippen LogP contribution in [0.3, 0.4) is 0 Å². The van der Waals surface area contributed by atoms with Crippen LogP contribution >= 0.6 is 0 Å². The third-order valence-electron chi connectivity index (χ3n) is 2.56. The second kappa shape index (κ2) is 4.63. The summed E-state index contributed by atoms with van der Waals surface area (Å²) in [7, 11) is 2.16. The number of hydrogen-bond donors (Lipinski definition) is 0. The molecule has 2 heteroatoms. The van der Waals surface area contributed by atoms with Crippen molar-refractivity contribution in [3.05, 3.63) is 12.2 Å². The Morgan fingerprint density at radius 2 is 2.25 bits per heavy atom. The normalized spacial score (nSPS) is 17.9. The molecule has 1 aliphatic heterocycles. The summed E-state index contributed by atoms with van der Waals surface area (Å²) in [6, 6.07) is 0.662. The fourth-order valence-electron chi connectivity index (χ4n) is 1.17. The highest BCUT2D eigenvalue weighted by molar-refractivity contribution is 4.93. The van der Waals surface area contributed by atoms with Gasteiger partial charge < -0.3 is 4.74 Å². The van der Waals surface area contributed by atoms with Crippen LogP contribution in [0.1, 0.15) is 19.8 Å². The Morgan fingerprint density at radius 1 is 1.58 bits per heavy atom. The van der Waals surface area contributed by atoms with Crippen molar-refractivity contribution in [3.63, 3.8) is 0 Å². The smallest absolute Gasteiger partial charge is 0.0645 e. The Kier molecular flexibility index (Phi) is 3.76. The summed E-state index contributed by atoms with van der Waals surface area (Å²) < 4.78 is 5.13. The molecule has 0 spiro atoms. The van der Waals surface area contributed by atoms with E-state index in [4.69, 9.17) is 4.74 Å². The maximum absolute atomic E-state index is 5.13. The molecule has 1 heterocycles. The summed E-state index contributed by atoms with van der Waals surface area (Å²) in [4.78, 5) is 2.37. The van der Waals surface area contributed by atoms with E-state index in [0.29, 0.717) is 6.04 Å². The van der Waals surface area contributed by atoms with Crippen molar-refractivity contribution >= 4 is 0 Å². The number of hydrogen-bond acceptors (Lipinski definition) is 2. The highest BCUT2D eigenvalue weighted by Gasteiger charge is 2.22. The predicted molar refractivity (Wildman–Crippen MR) is 51.3 cm³/mol. The SMILES string of the molecule is C=C(CC)CCN(C)C1COC1. The molecule has 0 unspecified atom stereocenters. The minimum absolute atomic E-state index is 0.662. The first-order valence-corrected chi connectivity index (χ1v) is 4.68. The lowest BCUT2D eigenvalue weighted by atomic mass is 10.1. The van der Waals surface area contributed by atoms with Gasteiger partial charge in [-0.25, -0.2) is 0 Å². The monoisotopic (exact) mass is 169 g/mol. The second-order valence-electron chi connectivity index (χ2n) is 3.53. The summed E-state index contributed by atoms with van der Waals surface area (Å²) in [6.45, 7) is 9.10. The molecule has 70 valence electrons. The lowest BCUT2D eigenvalue weighted by Gasteiger charge is -2.34. The maximum atomic E-state index is 5.13. The van der Waals surface area contributed by atoms with E-state index in [1.807, 2.05) is 0 Å². The van der Waals surface area contributed by atoms with E-state index in [1.165, 1.54) is 5.57 Å². The van der Waals surface area contributed by atoms with Crippen molar-refractivity contribution in [2.45, 2.75) is 25.8 Å². The lowest BCUT2D eigenvalue weighted by molar-refractivity contribution is -0.0555. The quantitative estimate of drug-likeness (QED) is 0.580. The standard InChI is InChI=1S/C10H19NO/c1-4-9(2)5-6-11(3)10-7-12-8-10/h10H,2,4-8H2,1,3H3. The molecule has 0 aromatic heterocycles. The first-order chi connectivity index (χ1) is 5.74. The molecule has 0 bridgehead atoms. The molecule has 12 heavy (non-hydrogen) atoms. The Hall–Kier alpha value is -0.340. The largest absolute Gasteiger partial charge is 0.378 e. The zero-order valence-corrected chi connectivity index (χ0v) is 8.18. The zero-order valence-electron chi connectivity index (χ0n) is 8.18. The van der Waals surface area contributed by atoms with Crippen molar-refractivity contribution in [3.8, 4) is 0 Å². The zero-order chi connectivity index (χ0) is 8.97. The minimum atomic E-state index is 0.662. The van der Waals surface area contributed by atoms with Crippen LogP contribution in [0.25, 0.3) is 0 Å². The van der Waals surface area contributed by atoms with Crippen molar-refractivity contribution in [1.29, 1.82) is 0 Å². The fraction of sp³-hybridized carbons (Fsp3) is 0.800. The van der Waals surface area contributed by atoms with Crippen LogP contribution in [0.5, 0.6) is 0 Å². The van der Waals surface area contributed by atoms with Crippen molar-refractivity contribution in [2.24, 2.45) is 0 Å². The van der Waals surface area contributed by atoms with Gasteiger partial charge in [0.1, 0.15) is 0 Å². The maximum Gasteiger partial charge on any atom is 0.0645 e. The summed E-state index contributed by atoms with van der Waals surface area (Å²) in [5.74, 6) is 0. The molecule has 0 saturated carbocycles. The van der Waals surface area contributed by atoms with E-state index in [-0.39, 0.29) is 0 Å². The van der Waals surface area contributed by atoms with Crippen LogP contribution < -0.4 is 0 Å². The van der Waals surface area contributed by atoms with Crippen LogP contribution in [0, 0.1) is 0 Å². The molecule has 1 aliphatic rings. The first-order valence-electron chi connectivity index (χ1n) is 4.68. The molecule has 0 aliphatic carbocycles. The van der Waals surface area contributed by atoms with E-state index < -0.39 is 0 Å². The van der Waals surface area contributed by atoms with Gasteiger partial charge in [-0.2, -0.15) is 0 Å². The van der Waals surface area contributed by atoms with Gasteiger partial charge in [-0.3, -0.25) is 4.90 Å². The van der Waals surface area contributed by atoms with Gasteiger partial charge in [0.15, 0.2) is 0 Å². The van der Waals surface area contributed by atoms with Gasteiger partial charge in [0.05, 0.1) is 19.3 Å².